The molecule has 15 heavy (non-hydrogen) atoms. The van der Waals surface area contributed by atoms with Crippen molar-refractivity contribution in [3.63, 3.8) is 0 Å². The highest BCUT2D eigenvalue weighted by Gasteiger charge is 2.10. The monoisotopic (exact) mass is 213 g/mol. The third-order valence-corrected chi connectivity index (χ3v) is 2.08. The lowest BCUT2D eigenvalue weighted by Crippen LogP contribution is -2.05. The minimum Gasteiger partial charge on any atom is -0.496 e. The summed E-state index contributed by atoms with van der Waals surface area (Å²) < 4.78 is 30.2. The Balaban J connectivity index is 3.19. The second-order valence-electron chi connectivity index (χ2n) is 2.90. The topological polar surface area (TPSA) is 53.7 Å². The molecule has 4 heteroatoms. The van der Waals surface area contributed by atoms with E-state index in [0.717, 1.165) is 0 Å². The van der Waals surface area contributed by atoms with Crippen LogP contribution in [0.1, 0.15) is 8.30 Å². The molecule has 1 aromatic rings. The average Bonchev–Trinajstić information content (AvgIpc) is 2.26. The lowest BCUT2D eigenvalue weighted by Gasteiger charge is -2.13. The zero-order valence-corrected chi connectivity index (χ0v) is 9.16. The summed E-state index contributed by atoms with van der Waals surface area (Å²) in [6, 6.07) is 3.32. The molecule has 0 saturated heterocycles. The van der Waals surface area contributed by atoms with Crippen LogP contribution in [0, 0.1) is 0 Å². The number of methoxy groups -OCH3 is 3. The maximum Gasteiger partial charge on any atom is 0.164 e. The van der Waals surface area contributed by atoms with Crippen molar-refractivity contribution in [1.29, 1.82) is 0 Å². The molecular formula is C11H17NO3. The number of hydrogen-bond donors (Lipinski definition) is 1. The maximum absolute atomic E-state index is 7.38. The van der Waals surface area contributed by atoms with E-state index in [1.165, 1.54) is 21.3 Å². The van der Waals surface area contributed by atoms with Crippen LogP contribution in [0.3, 0.4) is 0 Å². The first-order chi connectivity index (χ1) is 7.91. The molecule has 84 valence electrons. The Hall–Kier alpha value is -1.42. The molecule has 0 atom stereocenters. The Kier molecular flexibility index (Phi) is 3.22. The van der Waals surface area contributed by atoms with Crippen LogP contribution in [-0.2, 0) is 6.42 Å². The molecule has 1 aromatic carbocycles. The lowest BCUT2D eigenvalue weighted by molar-refractivity contribution is 0.347. The summed E-state index contributed by atoms with van der Waals surface area (Å²) in [5, 5.41) is 0. The second-order valence-corrected chi connectivity index (χ2v) is 2.90. The van der Waals surface area contributed by atoms with Gasteiger partial charge in [-0.1, -0.05) is 0 Å². The molecule has 0 amide bonds. The number of aryl methyl sites for hydroxylation is 1. The van der Waals surface area contributed by atoms with E-state index in [4.69, 9.17) is 22.7 Å². The quantitative estimate of drug-likeness (QED) is 0.799. The number of ether oxygens (including phenoxy) is 3. The third kappa shape index (κ3) is 2.53. The highest BCUT2D eigenvalue weighted by atomic mass is 16.5. The summed E-state index contributed by atoms with van der Waals surface area (Å²) in [4.78, 5) is 0. The smallest absolute Gasteiger partial charge is 0.164 e. The highest BCUT2D eigenvalue weighted by Crippen LogP contribution is 2.34. The van der Waals surface area contributed by atoms with Gasteiger partial charge in [0, 0.05) is 8.81 Å². The molecule has 1 rings (SSSR count). The van der Waals surface area contributed by atoms with E-state index in [1.54, 1.807) is 12.1 Å². The normalized spacial score (nSPS) is 12.8. The first-order valence-corrected chi connectivity index (χ1v) is 4.49. The van der Waals surface area contributed by atoms with Gasteiger partial charge < -0.3 is 19.9 Å². The first kappa shape index (κ1) is 8.85. The Morgan fingerprint density at radius 1 is 1.07 bits per heavy atom. The SMILES string of the molecule is [2H]C([2H])(N)Cc1cc(OC)c(OC)cc1OC. The van der Waals surface area contributed by atoms with Gasteiger partial charge >= 0.3 is 0 Å². The predicted octanol–water partition coefficient (Wildman–Crippen LogP) is 1.21. The van der Waals surface area contributed by atoms with Crippen molar-refractivity contribution in [2.75, 3.05) is 27.8 Å². The molecule has 0 aliphatic carbocycles. The van der Waals surface area contributed by atoms with Crippen LogP contribution in [0.25, 0.3) is 0 Å². The van der Waals surface area contributed by atoms with Crippen molar-refractivity contribution in [3.8, 4) is 17.2 Å². The van der Waals surface area contributed by atoms with Gasteiger partial charge in [-0.15, -0.1) is 0 Å². The van der Waals surface area contributed by atoms with Crippen molar-refractivity contribution < 1.29 is 17.0 Å². The first-order valence-electron chi connectivity index (χ1n) is 5.49. The van der Waals surface area contributed by atoms with Gasteiger partial charge in [-0.05, 0) is 24.5 Å². The molecule has 0 saturated carbocycles. The van der Waals surface area contributed by atoms with Crippen LogP contribution in [0.2, 0.25) is 0 Å². The van der Waals surface area contributed by atoms with Crippen LogP contribution in [-0.4, -0.2) is 27.8 Å². The number of hydrogen-bond acceptors (Lipinski definition) is 4. The fourth-order valence-electron chi connectivity index (χ4n) is 1.34. The summed E-state index contributed by atoms with van der Waals surface area (Å²) in [7, 11) is 4.56. The van der Waals surface area contributed by atoms with E-state index in [1.807, 2.05) is 0 Å². The average molecular weight is 213 g/mol. The van der Waals surface area contributed by atoms with Crippen LogP contribution in [0.5, 0.6) is 17.2 Å². The summed E-state index contributed by atoms with van der Waals surface area (Å²) in [5.41, 5.74) is 6.00. The molecular weight excluding hydrogens is 194 g/mol. The summed E-state index contributed by atoms with van der Waals surface area (Å²) in [6.45, 7) is -1.80. The Morgan fingerprint density at radius 3 is 2.07 bits per heavy atom. The molecule has 0 unspecified atom stereocenters. The van der Waals surface area contributed by atoms with E-state index >= 15 is 0 Å². The highest BCUT2D eigenvalue weighted by molar-refractivity contribution is 5.50. The Bertz CT molecular complexity index is 391. The van der Waals surface area contributed by atoms with Crippen LogP contribution in [0.15, 0.2) is 12.1 Å². The van der Waals surface area contributed by atoms with Crippen molar-refractivity contribution in [2.24, 2.45) is 5.73 Å². The molecule has 0 aromatic heterocycles. The molecule has 0 bridgehead atoms. The van der Waals surface area contributed by atoms with E-state index in [2.05, 4.69) is 0 Å². The van der Waals surface area contributed by atoms with E-state index in [0.29, 0.717) is 22.8 Å². The van der Waals surface area contributed by atoms with E-state index in [9.17, 15) is 0 Å². The minimum absolute atomic E-state index is 0.0382. The Morgan fingerprint density at radius 2 is 1.60 bits per heavy atom. The van der Waals surface area contributed by atoms with Gasteiger partial charge in [0.15, 0.2) is 11.5 Å². The van der Waals surface area contributed by atoms with Crippen LogP contribution < -0.4 is 19.9 Å². The summed E-state index contributed by atoms with van der Waals surface area (Å²) >= 11 is 0. The second kappa shape index (κ2) is 5.46. The van der Waals surface area contributed by atoms with Crippen LogP contribution >= 0.6 is 0 Å². The fourth-order valence-corrected chi connectivity index (χ4v) is 1.34. The zero-order valence-electron chi connectivity index (χ0n) is 11.2. The molecule has 0 heterocycles. The number of benzene rings is 1. The minimum atomic E-state index is -1.80. The van der Waals surface area contributed by atoms with E-state index < -0.39 is 6.50 Å². The largest absolute Gasteiger partial charge is 0.496 e. The van der Waals surface area contributed by atoms with E-state index in [-0.39, 0.29) is 6.42 Å². The van der Waals surface area contributed by atoms with Gasteiger partial charge in [-0.3, -0.25) is 0 Å². The molecule has 0 aliphatic heterocycles. The fraction of sp³-hybridized carbons (Fsp3) is 0.455. The zero-order chi connectivity index (χ0) is 13.1. The van der Waals surface area contributed by atoms with Crippen LogP contribution in [0.4, 0.5) is 0 Å². The van der Waals surface area contributed by atoms with Crippen molar-refractivity contribution >= 4 is 0 Å². The number of rotatable bonds is 5. The van der Waals surface area contributed by atoms with Gasteiger partial charge in [-0.25, -0.2) is 0 Å². The van der Waals surface area contributed by atoms with Crippen molar-refractivity contribution in [2.45, 2.75) is 6.42 Å². The maximum atomic E-state index is 7.38. The molecule has 0 radical (unpaired) electrons. The Labute approximate surface area is 92.7 Å². The molecule has 0 spiro atoms. The van der Waals surface area contributed by atoms with Gasteiger partial charge in [0.1, 0.15) is 5.75 Å². The predicted molar refractivity (Wildman–Crippen MR) is 58.9 cm³/mol. The van der Waals surface area contributed by atoms with Gasteiger partial charge in [-0.2, -0.15) is 0 Å². The van der Waals surface area contributed by atoms with Crippen molar-refractivity contribution in [1.82, 2.24) is 0 Å². The summed E-state index contributed by atoms with van der Waals surface area (Å²) in [6.07, 6.45) is 0.0382. The molecule has 0 fully saturated rings. The number of nitrogens with two attached hydrogens (primary N) is 1. The van der Waals surface area contributed by atoms with Crippen molar-refractivity contribution in [3.05, 3.63) is 17.7 Å². The molecule has 4 nitrogen and oxygen atoms in total. The molecule has 2 N–H and O–H groups in total. The standard InChI is InChI=1S/C11H17NO3/c1-13-9-7-11(15-3)10(14-2)6-8(9)4-5-12/h6-7H,4-5,12H2,1-3H3/i5D2. The lowest BCUT2D eigenvalue weighted by atomic mass is 10.1. The van der Waals surface area contributed by atoms with Gasteiger partial charge in [0.05, 0.1) is 21.3 Å². The van der Waals surface area contributed by atoms with Gasteiger partial charge in [0.2, 0.25) is 0 Å². The summed E-state index contributed by atoms with van der Waals surface area (Å²) in [5.74, 6) is 1.58. The van der Waals surface area contributed by atoms with Gasteiger partial charge in [0.25, 0.3) is 0 Å². The molecule has 0 aliphatic rings. The third-order valence-electron chi connectivity index (χ3n) is 2.08.